The summed E-state index contributed by atoms with van der Waals surface area (Å²) in [5.41, 5.74) is -11.2. The first kappa shape index (κ1) is 36.5. The lowest BCUT2D eigenvalue weighted by molar-refractivity contribution is -0.180. The second kappa shape index (κ2) is 13.7. The molecule has 260 valence electrons. The molecule has 51 heavy (non-hydrogen) atoms. The first-order chi connectivity index (χ1) is 23.9. The van der Waals surface area contributed by atoms with Crippen molar-refractivity contribution in [1.29, 1.82) is 0 Å². The zero-order chi connectivity index (χ0) is 38.0. The minimum atomic E-state index is -3.40. The van der Waals surface area contributed by atoms with Gasteiger partial charge in [-0.05, 0) is 36.4 Å². The van der Waals surface area contributed by atoms with Crippen molar-refractivity contribution in [1.82, 2.24) is 0 Å². The Kier molecular flexibility index (Phi) is 9.79. The molecule has 0 heterocycles. The summed E-state index contributed by atoms with van der Waals surface area (Å²) in [6.45, 7) is 0. The SMILES string of the molecule is O=C(O)C1=CC=C(C(=O)c2ccc(C(=O)O)cc2)CC1(C(=O)O)C(=O)OC(=O)C1(C(=O)O)CC(C(=O)c2ccc(C(=O)O)cc2)=CC=C1C(=O)O. The molecule has 0 saturated carbocycles. The average Bonchev–Trinajstić information content (AvgIpc) is 3.09. The third kappa shape index (κ3) is 6.45. The molecule has 2 aliphatic carbocycles. The molecule has 2 aromatic rings. The molecule has 4 rings (SSSR count). The number of esters is 2. The van der Waals surface area contributed by atoms with E-state index in [-0.39, 0.29) is 22.3 Å². The molecule has 0 bridgehead atoms. The van der Waals surface area contributed by atoms with Gasteiger partial charge in [-0.1, -0.05) is 36.4 Å². The van der Waals surface area contributed by atoms with E-state index < -0.39 is 105 Å². The van der Waals surface area contributed by atoms with E-state index in [2.05, 4.69) is 0 Å². The van der Waals surface area contributed by atoms with Crippen molar-refractivity contribution >= 4 is 59.3 Å². The third-order valence-electron chi connectivity index (χ3n) is 8.18. The van der Waals surface area contributed by atoms with Crippen LogP contribution in [0.3, 0.4) is 0 Å². The quantitative estimate of drug-likeness (QED) is 0.105. The maximum atomic E-state index is 13.7. The van der Waals surface area contributed by atoms with Crippen LogP contribution in [0.1, 0.15) is 54.3 Å². The number of Topliss-reactive ketones (excluding diaryl/α,β-unsaturated/α-hetero) is 2. The number of hydrogen-bond acceptors (Lipinski definition) is 11. The minimum absolute atomic E-state index is 0.216. The number of ether oxygens (including phenoxy) is 1. The summed E-state index contributed by atoms with van der Waals surface area (Å²) in [5.74, 6) is -17.7. The zero-order valence-corrected chi connectivity index (χ0v) is 25.5. The summed E-state index contributed by atoms with van der Waals surface area (Å²) >= 11 is 0. The number of hydrogen-bond donors (Lipinski definition) is 6. The molecule has 0 aromatic heterocycles. The molecule has 2 atom stereocenters. The smallest absolute Gasteiger partial charge is 0.336 e. The first-order valence-corrected chi connectivity index (χ1v) is 14.2. The van der Waals surface area contributed by atoms with E-state index >= 15 is 0 Å². The Morgan fingerprint density at radius 3 is 0.980 bits per heavy atom. The maximum absolute atomic E-state index is 13.7. The van der Waals surface area contributed by atoms with Gasteiger partial charge in [0.25, 0.3) is 0 Å². The topological polar surface area (TPSA) is 301 Å². The molecule has 0 aliphatic heterocycles. The van der Waals surface area contributed by atoms with Gasteiger partial charge in [-0.15, -0.1) is 0 Å². The van der Waals surface area contributed by atoms with Crippen molar-refractivity contribution in [3.63, 3.8) is 0 Å². The fourth-order valence-corrected chi connectivity index (χ4v) is 5.43. The van der Waals surface area contributed by atoms with Crippen molar-refractivity contribution in [3.05, 3.63) is 117 Å². The number of rotatable bonds is 12. The highest BCUT2D eigenvalue weighted by atomic mass is 16.6. The number of benzene rings is 2. The van der Waals surface area contributed by atoms with Crippen LogP contribution in [0.25, 0.3) is 0 Å². The largest absolute Gasteiger partial charge is 0.480 e. The van der Waals surface area contributed by atoms with Crippen molar-refractivity contribution in [3.8, 4) is 0 Å². The van der Waals surface area contributed by atoms with Gasteiger partial charge in [0.15, 0.2) is 11.6 Å². The summed E-state index contributed by atoms with van der Waals surface area (Å²) in [4.78, 5) is 126. The Morgan fingerprint density at radius 1 is 0.431 bits per heavy atom. The van der Waals surface area contributed by atoms with Crippen molar-refractivity contribution in [2.75, 3.05) is 0 Å². The Labute approximate surface area is 283 Å². The second-order valence-electron chi connectivity index (χ2n) is 11.0. The van der Waals surface area contributed by atoms with E-state index in [9.17, 15) is 68.4 Å². The maximum Gasteiger partial charge on any atom is 0.336 e. The lowest BCUT2D eigenvalue weighted by atomic mass is 9.69. The molecule has 2 unspecified atom stereocenters. The second-order valence-corrected chi connectivity index (χ2v) is 11.0. The van der Waals surface area contributed by atoms with Crippen LogP contribution < -0.4 is 0 Å². The predicted molar refractivity (Wildman–Crippen MR) is 164 cm³/mol. The lowest BCUT2D eigenvalue weighted by Gasteiger charge is -2.33. The van der Waals surface area contributed by atoms with E-state index in [1.54, 1.807) is 0 Å². The Morgan fingerprint density at radius 2 is 0.725 bits per heavy atom. The van der Waals surface area contributed by atoms with Crippen molar-refractivity contribution in [2.45, 2.75) is 12.8 Å². The van der Waals surface area contributed by atoms with E-state index in [4.69, 9.17) is 14.9 Å². The Balaban J connectivity index is 1.74. The number of carbonyl (C=O) groups excluding carboxylic acids is 4. The lowest BCUT2D eigenvalue weighted by Crippen LogP contribution is -2.51. The first-order valence-electron chi connectivity index (χ1n) is 14.2. The number of aliphatic carboxylic acids is 4. The number of aromatic carboxylic acids is 2. The molecule has 0 amide bonds. The summed E-state index contributed by atoms with van der Waals surface area (Å²) in [6.07, 6.45) is 0.313. The molecule has 17 nitrogen and oxygen atoms in total. The molecular formula is C34H22O17. The fraction of sp³-hybridized carbons (Fsp3) is 0.118. The van der Waals surface area contributed by atoms with Gasteiger partial charge in [0.05, 0.1) is 22.3 Å². The molecule has 2 aromatic carbocycles. The van der Waals surface area contributed by atoms with E-state index in [0.29, 0.717) is 12.2 Å². The van der Waals surface area contributed by atoms with Gasteiger partial charge in [-0.2, -0.15) is 0 Å². The van der Waals surface area contributed by atoms with Gasteiger partial charge in [0.1, 0.15) is 0 Å². The van der Waals surface area contributed by atoms with Crippen LogP contribution in [-0.2, 0) is 33.5 Å². The number of carboxylic acids is 6. The van der Waals surface area contributed by atoms with E-state index in [1.807, 2.05) is 0 Å². The van der Waals surface area contributed by atoms with Crippen LogP contribution in [-0.4, -0.2) is 90.0 Å². The van der Waals surface area contributed by atoms with Gasteiger partial charge in [-0.25, -0.2) is 28.8 Å². The number of carbonyl (C=O) groups is 10. The van der Waals surface area contributed by atoms with Gasteiger partial charge >= 0.3 is 47.8 Å². The average molecular weight is 703 g/mol. The Hall–Kier alpha value is -7.30. The van der Waals surface area contributed by atoms with Crippen LogP contribution in [0.15, 0.2) is 95.1 Å². The summed E-state index contributed by atoms with van der Waals surface area (Å²) in [5, 5.41) is 58.4. The van der Waals surface area contributed by atoms with Crippen LogP contribution in [0.5, 0.6) is 0 Å². The summed E-state index contributed by atoms with van der Waals surface area (Å²) < 4.78 is 4.72. The minimum Gasteiger partial charge on any atom is -0.480 e. The molecule has 0 radical (unpaired) electrons. The number of allylic oxidation sites excluding steroid dienone is 6. The van der Waals surface area contributed by atoms with Gasteiger partial charge in [0, 0.05) is 35.1 Å². The predicted octanol–water partition coefficient (Wildman–Crippen LogP) is 2.04. The van der Waals surface area contributed by atoms with Gasteiger partial charge in [0.2, 0.25) is 10.8 Å². The Bertz CT molecular complexity index is 1940. The van der Waals surface area contributed by atoms with Gasteiger partial charge < -0.3 is 35.4 Å². The van der Waals surface area contributed by atoms with Crippen LogP contribution in [0, 0.1) is 10.8 Å². The molecular weight excluding hydrogens is 680 g/mol. The fourth-order valence-electron chi connectivity index (χ4n) is 5.43. The number of ketones is 2. The molecule has 2 aliphatic rings. The zero-order valence-electron chi connectivity index (χ0n) is 25.5. The van der Waals surface area contributed by atoms with E-state index in [0.717, 1.165) is 60.7 Å². The molecule has 0 spiro atoms. The van der Waals surface area contributed by atoms with Crippen LogP contribution in [0.2, 0.25) is 0 Å². The highest BCUT2D eigenvalue weighted by molar-refractivity contribution is 6.20. The molecule has 0 saturated heterocycles. The summed E-state index contributed by atoms with van der Waals surface area (Å²) in [7, 11) is 0. The van der Waals surface area contributed by atoms with Crippen LogP contribution >= 0.6 is 0 Å². The monoisotopic (exact) mass is 702 g/mol. The third-order valence-corrected chi connectivity index (χ3v) is 8.18. The summed E-state index contributed by atoms with van der Waals surface area (Å²) in [6, 6.07) is 8.37. The normalized spacial score (nSPS) is 19.5. The molecule has 6 N–H and O–H groups in total. The highest BCUT2D eigenvalue weighted by Gasteiger charge is 2.61. The highest BCUT2D eigenvalue weighted by Crippen LogP contribution is 2.44. The van der Waals surface area contributed by atoms with E-state index in [1.165, 1.54) is 0 Å². The van der Waals surface area contributed by atoms with Crippen molar-refractivity contribution < 1.29 is 83.3 Å². The van der Waals surface area contributed by atoms with Crippen molar-refractivity contribution in [2.24, 2.45) is 10.8 Å². The standard InChI is InChI=1S/C34H22O17/c35-23(15-1-5-17(6-2-15)25(37)38)19-9-11-21(27(41)42)33(13-19,29(45)46)31(49)51-32(50)34(30(47)48)14-20(10-12-22(34)28(43)44)24(36)16-3-7-18(8-4-16)26(39)40/h1-12H,13-14H2,(H,37,38)(H,39,40)(H,41,42)(H,43,44)(H,45,46)(H,47,48). The number of carboxylic acid groups (broad SMARTS) is 6. The molecule has 17 heteroatoms. The molecule has 0 fully saturated rings. The van der Waals surface area contributed by atoms with Crippen LogP contribution in [0.4, 0.5) is 0 Å². The van der Waals surface area contributed by atoms with Gasteiger partial charge in [-0.3, -0.25) is 19.2 Å².